The van der Waals surface area contributed by atoms with Crippen molar-refractivity contribution in [3.8, 4) is 0 Å². The van der Waals surface area contributed by atoms with Gasteiger partial charge in [-0.3, -0.25) is 9.78 Å². The Morgan fingerprint density at radius 2 is 1.91 bits per heavy atom. The molecule has 0 atom stereocenters. The Bertz CT molecular complexity index is 666. The van der Waals surface area contributed by atoms with E-state index >= 15 is 0 Å². The molecule has 0 saturated heterocycles. The fraction of sp³-hybridized carbons (Fsp3) is 0.235. The minimum atomic E-state index is -1.01. The Morgan fingerprint density at radius 1 is 1.18 bits per heavy atom. The lowest BCUT2D eigenvalue weighted by atomic mass is 10.1. The van der Waals surface area contributed by atoms with E-state index in [2.05, 4.69) is 10.3 Å². The highest BCUT2D eigenvalue weighted by atomic mass is 16.4. The van der Waals surface area contributed by atoms with E-state index < -0.39 is 5.97 Å². The van der Waals surface area contributed by atoms with Gasteiger partial charge >= 0.3 is 5.97 Å². The number of nitrogens with zero attached hydrogens (tertiary/aromatic N) is 1. The minimum absolute atomic E-state index is 0.0805. The number of carboxylic acid groups (broad SMARTS) is 1. The van der Waals surface area contributed by atoms with Gasteiger partial charge in [0.05, 0.1) is 17.8 Å². The summed E-state index contributed by atoms with van der Waals surface area (Å²) in [5, 5.41) is 11.7. The number of carbonyl (C=O) groups is 2. The SMILES string of the molecule is Cc1ccc(CCC(=O)NCc2cc(C(=O)O)ccn2)cc1. The summed E-state index contributed by atoms with van der Waals surface area (Å²) in [7, 11) is 0. The van der Waals surface area contributed by atoms with E-state index in [1.54, 1.807) is 0 Å². The Hall–Kier alpha value is -2.69. The molecule has 1 heterocycles. The topological polar surface area (TPSA) is 79.3 Å². The van der Waals surface area contributed by atoms with Crippen LogP contribution in [-0.4, -0.2) is 22.0 Å². The predicted molar refractivity (Wildman–Crippen MR) is 82.5 cm³/mol. The van der Waals surface area contributed by atoms with E-state index in [1.807, 2.05) is 31.2 Å². The molecular weight excluding hydrogens is 280 g/mol. The molecule has 114 valence electrons. The summed E-state index contributed by atoms with van der Waals surface area (Å²) in [6, 6.07) is 11.0. The predicted octanol–water partition coefficient (Wildman–Crippen LogP) is 2.34. The fourth-order valence-electron chi connectivity index (χ4n) is 2.00. The number of hydrogen-bond acceptors (Lipinski definition) is 3. The van der Waals surface area contributed by atoms with Crippen LogP contribution in [-0.2, 0) is 17.8 Å². The molecule has 0 radical (unpaired) electrons. The van der Waals surface area contributed by atoms with Crippen LogP contribution in [0.25, 0.3) is 0 Å². The van der Waals surface area contributed by atoms with Gasteiger partial charge in [-0.05, 0) is 31.0 Å². The number of carbonyl (C=O) groups excluding carboxylic acids is 1. The lowest BCUT2D eigenvalue weighted by Crippen LogP contribution is -2.23. The fourth-order valence-corrected chi connectivity index (χ4v) is 2.00. The van der Waals surface area contributed by atoms with E-state index in [0.717, 1.165) is 5.56 Å². The first kappa shape index (κ1) is 15.7. The van der Waals surface area contributed by atoms with Crippen molar-refractivity contribution in [2.24, 2.45) is 0 Å². The van der Waals surface area contributed by atoms with Crippen LogP contribution in [0.3, 0.4) is 0 Å². The van der Waals surface area contributed by atoms with Crippen molar-refractivity contribution in [3.63, 3.8) is 0 Å². The first-order valence-electron chi connectivity index (χ1n) is 7.05. The number of benzene rings is 1. The molecule has 2 aromatic rings. The molecule has 0 saturated carbocycles. The number of aromatic nitrogens is 1. The van der Waals surface area contributed by atoms with E-state index in [4.69, 9.17) is 5.11 Å². The summed E-state index contributed by atoms with van der Waals surface area (Å²) < 4.78 is 0. The van der Waals surface area contributed by atoms with Crippen molar-refractivity contribution in [2.45, 2.75) is 26.3 Å². The van der Waals surface area contributed by atoms with Gasteiger partial charge in [0.1, 0.15) is 0 Å². The molecule has 1 amide bonds. The van der Waals surface area contributed by atoms with Gasteiger partial charge in [-0.15, -0.1) is 0 Å². The van der Waals surface area contributed by atoms with Crippen molar-refractivity contribution in [3.05, 3.63) is 65.0 Å². The van der Waals surface area contributed by atoms with Gasteiger partial charge in [0, 0.05) is 12.6 Å². The van der Waals surface area contributed by atoms with Crippen molar-refractivity contribution >= 4 is 11.9 Å². The van der Waals surface area contributed by atoms with Crippen LogP contribution in [0.2, 0.25) is 0 Å². The Kier molecular flexibility index (Phi) is 5.25. The van der Waals surface area contributed by atoms with E-state index in [1.165, 1.54) is 23.9 Å². The van der Waals surface area contributed by atoms with Crippen LogP contribution < -0.4 is 5.32 Å². The first-order chi connectivity index (χ1) is 10.5. The van der Waals surface area contributed by atoms with Gasteiger partial charge in [-0.2, -0.15) is 0 Å². The maximum atomic E-state index is 11.8. The normalized spacial score (nSPS) is 10.2. The van der Waals surface area contributed by atoms with Gasteiger partial charge in [0.2, 0.25) is 5.91 Å². The molecule has 0 aliphatic heterocycles. The molecule has 0 spiro atoms. The summed E-state index contributed by atoms with van der Waals surface area (Å²) in [6.45, 7) is 2.25. The number of rotatable bonds is 6. The number of hydrogen-bond donors (Lipinski definition) is 2. The highest BCUT2D eigenvalue weighted by Crippen LogP contribution is 2.06. The van der Waals surface area contributed by atoms with Crippen molar-refractivity contribution in [1.82, 2.24) is 10.3 Å². The quantitative estimate of drug-likeness (QED) is 0.858. The average molecular weight is 298 g/mol. The van der Waals surface area contributed by atoms with Gasteiger partial charge in [0.15, 0.2) is 0 Å². The molecule has 22 heavy (non-hydrogen) atoms. The van der Waals surface area contributed by atoms with Crippen molar-refractivity contribution in [2.75, 3.05) is 0 Å². The van der Waals surface area contributed by atoms with E-state index in [9.17, 15) is 9.59 Å². The maximum Gasteiger partial charge on any atom is 0.335 e. The molecule has 1 aromatic carbocycles. The second kappa shape index (κ2) is 7.36. The third kappa shape index (κ3) is 4.70. The largest absolute Gasteiger partial charge is 0.478 e. The summed E-state index contributed by atoms with van der Waals surface area (Å²) >= 11 is 0. The lowest BCUT2D eigenvalue weighted by Gasteiger charge is -2.06. The highest BCUT2D eigenvalue weighted by molar-refractivity contribution is 5.87. The maximum absolute atomic E-state index is 11.8. The number of carboxylic acids is 1. The molecular formula is C17H18N2O3. The molecule has 2 N–H and O–H groups in total. The monoisotopic (exact) mass is 298 g/mol. The molecule has 0 fully saturated rings. The lowest BCUT2D eigenvalue weighted by molar-refractivity contribution is -0.121. The van der Waals surface area contributed by atoms with Crippen LogP contribution in [0.4, 0.5) is 0 Å². The van der Waals surface area contributed by atoms with Gasteiger partial charge in [0.25, 0.3) is 0 Å². The van der Waals surface area contributed by atoms with Crippen LogP contribution in [0.5, 0.6) is 0 Å². The third-order valence-corrected chi connectivity index (χ3v) is 3.29. The summed E-state index contributed by atoms with van der Waals surface area (Å²) in [4.78, 5) is 26.7. The number of nitrogens with one attached hydrogen (secondary N) is 1. The Morgan fingerprint density at radius 3 is 2.59 bits per heavy atom. The molecule has 2 rings (SSSR count). The number of pyridine rings is 1. The zero-order valence-corrected chi connectivity index (χ0v) is 12.4. The molecule has 0 unspecified atom stereocenters. The Labute approximate surface area is 129 Å². The van der Waals surface area contributed by atoms with E-state index in [0.29, 0.717) is 18.5 Å². The van der Waals surface area contributed by atoms with E-state index in [-0.39, 0.29) is 18.0 Å². The third-order valence-electron chi connectivity index (χ3n) is 3.29. The van der Waals surface area contributed by atoms with Crippen molar-refractivity contribution in [1.29, 1.82) is 0 Å². The molecule has 0 aliphatic rings. The Balaban J connectivity index is 1.81. The molecule has 5 heteroatoms. The molecule has 5 nitrogen and oxygen atoms in total. The zero-order valence-electron chi connectivity index (χ0n) is 12.4. The number of aromatic carboxylic acids is 1. The summed E-state index contributed by atoms with van der Waals surface area (Å²) in [6.07, 6.45) is 2.49. The van der Waals surface area contributed by atoms with Crippen LogP contribution >= 0.6 is 0 Å². The first-order valence-corrected chi connectivity index (χ1v) is 7.05. The zero-order chi connectivity index (χ0) is 15.9. The second-order valence-corrected chi connectivity index (χ2v) is 5.10. The van der Waals surface area contributed by atoms with Gasteiger partial charge in [-0.1, -0.05) is 29.8 Å². The molecule has 0 bridgehead atoms. The second-order valence-electron chi connectivity index (χ2n) is 5.10. The van der Waals surface area contributed by atoms with Crippen LogP contribution in [0.1, 0.15) is 33.6 Å². The number of aryl methyl sites for hydroxylation is 2. The minimum Gasteiger partial charge on any atom is -0.478 e. The highest BCUT2D eigenvalue weighted by Gasteiger charge is 2.06. The number of amides is 1. The molecule has 0 aliphatic carbocycles. The smallest absolute Gasteiger partial charge is 0.335 e. The summed E-state index contributed by atoms with van der Waals surface area (Å²) in [5.74, 6) is -1.09. The van der Waals surface area contributed by atoms with Crippen molar-refractivity contribution < 1.29 is 14.7 Å². The van der Waals surface area contributed by atoms with Gasteiger partial charge < -0.3 is 10.4 Å². The summed E-state index contributed by atoms with van der Waals surface area (Å²) in [5.41, 5.74) is 3.01. The van der Waals surface area contributed by atoms with Crippen LogP contribution in [0.15, 0.2) is 42.6 Å². The molecule has 1 aromatic heterocycles. The van der Waals surface area contributed by atoms with Crippen LogP contribution in [0, 0.1) is 6.92 Å². The van der Waals surface area contributed by atoms with Gasteiger partial charge in [-0.25, -0.2) is 4.79 Å². The standard InChI is InChI=1S/C17H18N2O3/c1-12-2-4-13(5-3-12)6-7-16(20)19-11-15-10-14(17(21)22)8-9-18-15/h2-5,8-10H,6-7,11H2,1H3,(H,19,20)(H,21,22). The average Bonchev–Trinajstić information content (AvgIpc) is 2.52.